The number of benzene rings is 1. The van der Waals surface area contributed by atoms with Gasteiger partial charge in [-0.2, -0.15) is 8.42 Å². The summed E-state index contributed by atoms with van der Waals surface area (Å²) in [6.45, 7) is 3.32. The first kappa shape index (κ1) is 14.7. The van der Waals surface area contributed by atoms with E-state index in [2.05, 4.69) is 9.71 Å². The van der Waals surface area contributed by atoms with Crippen LogP contribution in [-0.2, 0) is 17.1 Å². The topological polar surface area (TPSA) is 84.2 Å². The first-order chi connectivity index (χ1) is 9.20. The number of halogens is 1. The monoisotopic (exact) mass is 315 g/mol. The molecular weight excluding hydrogens is 302 g/mol. The fraction of sp³-hybridized carbons (Fsp3) is 0.250. The van der Waals surface area contributed by atoms with Crippen LogP contribution in [0.1, 0.15) is 11.4 Å². The number of hydrogen-bond acceptors (Lipinski definition) is 4. The maximum Gasteiger partial charge on any atom is 0.281 e. The molecule has 20 heavy (non-hydrogen) atoms. The first-order valence-electron chi connectivity index (χ1n) is 5.72. The molecule has 0 radical (unpaired) electrons. The molecule has 0 aliphatic rings. The molecule has 0 spiro atoms. The quantitative estimate of drug-likeness (QED) is 0.850. The summed E-state index contributed by atoms with van der Waals surface area (Å²) in [5.74, 6) is 0.405. The van der Waals surface area contributed by atoms with Crippen LogP contribution in [0.5, 0.6) is 5.75 Å². The van der Waals surface area contributed by atoms with Crippen LogP contribution >= 0.6 is 11.6 Å². The minimum Gasteiger partial charge on any atom is -0.505 e. The molecule has 2 N–H and O–H groups in total. The highest BCUT2D eigenvalue weighted by molar-refractivity contribution is 7.92. The SMILES string of the molecule is Cc1cc(Cl)cc(NS(=O)(=O)c2cn(C)c(C)n2)c1O. The van der Waals surface area contributed by atoms with Crippen molar-refractivity contribution in [1.29, 1.82) is 0 Å². The Labute approximate surface area is 122 Å². The van der Waals surface area contributed by atoms with E-state index in [9.17, 15) is 13.5 Å². The van der Waals surface area contributed by atoms with Crippen LogP contribution < -0.4 is 4.72 Å². The molecule has 0 unspecified atom stereocenters. The van der Waals surface area contributed by atoms with Crippen molar-refractivity contribution in [3.8, 4) is 5.75 Å². The van der Waals surface area contributed by atoms with Gasteiger partial charge in [0.1, 0.15) is 11.6 Å². The fourth-order valence-corrected chi connectivity index (χ4v) is 3.04. The Kier molecular flexibility index (Phi) is 3.66. The zero-order valence-electron chi connectivity index (χ0n) is 11.2. The maximum absolute atomic E-state index is 12.2. The lowest BCUT2D eigenvalue weighted by Crippen LogP contribution is -2.13. The van der Waals surface area contributed by atoms with Gasteiger partial charge in [-0.15, -0.1) is 0 Å². The lowest BCUT2D eigenvalue weighted by atomic mass is 10.2. The molecule has 0 fully saturated rings. The molecule has 6 nitrogen and oxygen atoms in total. The Hall–Kier alpha value is -1.73. The van der Waals surface area contributed by atoms with E-state index in [1.165, 1.54) is 12.3 Å². The molecule has 8 heteroatoms. The van der Waals surface area contributed by atoms with Crippen LogP contribution in [0.3, 0.4) is 0 Å². The Morgan fingerprint density at radius 2 is 2.00 bits per heavy atom. The minimum atomic E-state index is -3.87. The lowest BCUT2D eigenvalue weighted by Gasteiger charge is -2.10. The van der Waals surface area contributed by atoms with Gasteiger partial charge in [-0.25, -0.2) is 4.98 Å². The molecule has 1 aromatic carbocycles. The maximum atomic E-state index is 12.2. The fourth-order valence-electron chi connectivity index (χ4n) is 1.67. The van der Waals surface area contributed by atoms with Gasteiger partial charge in [0.25, 0.3) is 10.0 Å². The van der Waals surface area contributed by atoms with Gasteiger partial charge in [0, 0.05) is 18.3 Å². The number of sulfonamides is 1. The summed E-state index contributed by atoms with van der Waals surface area (Å²) < 4.78 is 28.3. The number of hydrogen-bond donors (Lipinski definition) is 2. The first-order valence-corrected chi connectivity index (χ1v) is 7.58. The van der Waals surface area contributed by atoms with Crippen LogP contribution in [-0.4, -0.2) is 23.1 Å². The standard InChI is InChI=1S/C12H14ClN3O3S/c1-7-4-9(13)5-10(12(7)17)15-20(18,19)11-6-16(3)8(2)14-11/h4-6,15,17H,1-3H3. The van der Waals surface area contributed by atoms with Crippen LogP contribution in [0.2, 0.25) is 5.02 Å². The van der Waals surface area contributed by atoms with E-state index < -0.39 is 10.0 Å². The highest BCUT2D eigenvalue weighted by Crippen LogP contribution is 2.32. The lowest BCUT2D eigenvalue weighted by molar-refractivity contribution is 0.473. The molecule has 0 saturated carbocycles. The van der Waals surface area contributed by atoms with E-state index in [0.717, 1.165) is 0 Å². The highest BCUT2D eigenvalue weighted by Gasteiger charge is 2.20. The molecule has 1 aromatic heterocycles. The number of phenolic OH excluding ortho intramolecular Hbond substituents is 1. The Bertz CT molecular complexity index is 749. The minimum absolute atomic E-state index is 0.0262. The molecule has 0 bridgehead atoms. The Morgan fingerprint density at radius 1 is 1.35 bits per heavy atom. The van der Waals surface area contributed by atoms with E-state index in [1.54, 1.807) is 31.5 Å². The highest BCUT2D eigenvalue weighted by atomic mass is 35.5. The third kappa shape index (κ3) is 2.73. The van der Waals surface area contributed by atoms with Crippen molar-refractivity contribution in [1.82, 2.24) is 9.55 Å². The predicted molar refractivity (Wildman–Crippen MR) is 76.6 cm³/mol. The Morgan fingerprint density at radius 3 is 2.55 bits per heavy atom. The molecule has 1 heterocycles. The molecule has 2 rings (SSSR count). The normalized spacial score (nSPS) is 11.6. The molecule has 108 valence electrons. The predicted octanol–water partition coefficient (Wildman–Crippen LogP) is 2.20. The number of aryl methyl sites for hydroxylation is 3. The number of phenols is 1. The van der Waals surface area contributed by atoms with Gasteiger partial charge in [0.2, 0.25) is 0 Å². The molecule has 0 atom stereocenters. The van der Waals surface area contributed by atoms with Crippen LogP contribution in [0.4, 0.5) is 5.69 Å². The largest absolute Gasteiger partial charge is 0.505 e. The smallest absolute Gasteiger partial charge is 0.281 e. The zero-order chi connectivity index (χ0) is 15.1. The summed E-state index contributed by atoms with van der Waals surface area (Å²) in [6.07, 6.45) is 1.39. The number of imidazole rings is 1. The van der Waals surface area contributed by atoms with E-state index in [1.807, 2.05) is 0 Å². The van der Waals surface area contributed by atoms with Gasteiger partial charge in [-0.1, -0.05) is 11.6 Å². The van der Waals surface area contributed by atoms with Crippen molar-refractivity contribution in [2.45, 2.75) is 18.9 Å². The van der Waals surface area contributed by atoms with Gasteiger partial charge < -0.3 is 9.67 Å². The zero-order valence-corrected chi connectivity index (χ0v) is 12.7. The van der Waals surface area contributed by atoms with Crippen molar-refractivity contribution >= 4 is 27.3 Å². The van der Waals surface area contributed by atoms with E-state index in [0.29, 0.717) is 16.4 Å². The van der Waals surface area contributed by atoms with E-state index in [-0.39, 0.29) is 16.5 Å². The number of rotatable bonds is 3. The summed E-state index contributed by atoms with van der Waals surface area (Å²) in [5.41, 5.74) is 0.505. The van der Waals surface area contributed by atoms with Crippen LogP contribution in [0, 0.1) is 13.8 Å². The van der Waals surface area contributed by atoms with Gasteiger partial charge >= 0.3 is 0 Å². The third-order valence-corrected chi connectivity index (χ3v) is 4.33. The van der Waals surface area contributed by atoms with E-state index >= 15 is 0 Å². The second-order valence-corrected chi connectivity index (χ2v) is 6.53. The number of anilines is 1. The van der Waals surface area contributed by atoms with Crippen molar-refractivity contribution in [3.63, 3.8) is 0 Å². The molecule has 0 amide bonds. The van der Waals surface area contributed by atoms with Crippen LogP contribution in [0.25, 0.3) is 0 Å². The van der Waals surface area contributed by atoms with Gasteiger partial charge in [0.05, 0.1) is 5.69 Å². The van der Waals surface area contributed by atoms with Gasteiger partial charge in [-0.3, -0.25) is 4.72 Å². The molecule has 0 saturated heterocycles. The van der Waals surface area contributed by atoms with E-state index in [4.69, 9.17) is 11.6 Å². The molecule has 0 aliphatic carbocycles. The van der Waals surface area contributed by atoms with Gasteiger partial charge in [0.15, 0.2) is 5.03 Å². The second kappa shape index (κ2) is 4.99. The van der Waals surface area contributed by atoms with Crippen molar-refractivity contribution in [3.05, 3.63) is 34.7 Å². The number of nitrogens with zero attached hydrogens (tertiary/aromatic N) is 2. The summed E-state index contributed by atoms with van der Waals surface area (Å²) in [7, 11) is -2.17. The summed E-state index contributed by atoms with van der Waals surface area (Å²) in [6, 6.07) is 2.89. The number of nitrogens with one attached hydrogen (secondary N) is 1. The van der Waals surface area contributed by atoms with Crippen LogP contribution in [0.15, 0.2) is 23.4 Å². The Balaban J connectivity index is 2.43. The average molecular weight is 316 g/mol. The third-order valence-electron chi connectivity index (χ3n) is 2.87. The molecule has 2 aromatic rings. The number of aromatic hydroxyl groups is 1. The van der Waals surface area contributed by atoms with Gasteiger partial charge in [-0.05, 0) is 31.5 Å². The molecular formula is C12H14ClN3O3S. The summed E-state index contributed by atoms with van der Waals surface area (Å²) in [4.78, 5) is 3.95. The van der Waals surface area contributed by atoms with Crippen molar-refractivity contribution in [2.24, 2.45) is 7.05 Å². The summed E-state index contributed by atoms with van der Waals surface area (Å²) in [5, 5.41) is 10.1. The molecule has 0 aliphatic heterocycles. The second-order valence-electron chi connectivity index (χ2n) is 4.46. The van der Waals surface area contributed by atoms with Crippen molar-refractivity contribution in [2.75, 3.05) is 4.72 Å². The van der Waals surface area contributed by atoms with Crippen molar-refractivity contribution < 1.29 is 13.5 Å². The number of aromatic nitrogens is 2. The summed E-state index contributed by atoms with van der Waals surface area (Å²) >= 11 is 5.86. The average Bonchev–Trinajstić information content (AvgIpc) is 2.66.